The second-order valence-corrected chi connectivity index (χ2v) is 7.14. The Bertz CT molecular complexity index is 503. The quantitative estimate of drug-likeness (QED) is 0.905. The smallest absolute Gasteiger partial charge is 0.251 e. The van der Waals surface area contributed by atoms with Gasteiger partial charge < -0.3 is 10.2 Å². The summed E-state index contributed by atoms with van der Waals surface area (Å²) in [7, 11) is 0. The van der Waals surface area contributed by atoms with Gasteiger partial charge in [0.25, 0.3) is 5.91 Å². The molecule has 1 aromatic carbocycles. The molecule has 1 N–H and O–H groups in total. The summed E-state index contributed by atoms with van der Waals surface area (Å²) in [5, 5.41) is 3.14. The molecule has 1 amide bonds. The van der Waals surface area contributed by atoms with E-state index in [9.17, 15) is 4.79 Å². The second-order valence-electron chi connectivity index (χ2n) is 6.22. The van der Waals surface area contributed by atoms with Crippen molar-refractivity contribution in [3.8, 4) is 0 Å². The van der Waals surface area contributed by atoms with Gasteiger partial charge >= 0.3 is 0 Å². The molecule has 114 valence electrons. The van der Waals surface area contributed by atoms with Crippen LogP contribution in [0.25, 0.3) is 0 Å². The van der Waals surface area contributed by atoms with E-state index in [0.717, 1.165) is 16.6 Å². The van der Waals surface area contributed by atoms with Gasteiger partial charge in [-0.2, -0.15) is 0 Å². The number of piperidine rings is 2. The Morgan fingerprint density at radius 2 is 2.10 bits per heavy atom. The number of nitrogens with zero attached hydrogens (tertiary/aromatic N) is 1. The van der Waals surface area contributed by atoms with Crippen molar-refractivity contribution in [1.29, 1.82) is 0 Å². The summed E-state index contributed by atoms with van der Waals surface area (Å²) in [6.45, 7) is 3.31. The maximum atomic E-state index is 12.3. The zero-order chi connectivity index (χ0) is 14.7. The van der Waals surface area contributed by atoms with Crippen LogP contribution >= 0.6 is 15.9 Å². The van der Waals surface area contributed by atoms with Crippen molar-refractivity contribution in [2.75, 3.05) is 19.6 Å². The van der Waals surface area contributed by atoms with Crippen molar-refractivity contribution >= 4 is 21.8 Å². The molecule has 2 aliphatic rings. The van der Waals surface area contributed by atoms with Crippen LogP contribution in [-0.2, 0) is 0 Å². The van der Waals surface area contributed by atoms with Crippen LogP contribution in [0.15, 0.2) is 28.7 Å². The van der Waals surface area contributed by atoms with Crippen molar-refractivity contribution in [1.82, 2.24) is 10.2 Å². The highest BCUT2D eigenvalue weighted by atomic mass is 79.9. The Labute approximate surface area is 135 Å². The first-order valence-corrected chi connectivity index (χ1v) is 8.81. The molecule has 2 aliphatic heterocycles. The number of carbonyl (C=O) groups is 1. The van der Waals surface area contributed by atoms with Gasteiger partial charge in [-0.1, -0.05) is 28.4 Å². The fraction of sp³-hybridized carbons (Fsp3) is 0.588. The van der Waals surface area contributed by atoms with Crippen LogP contribution in [-0.4, -0.2) is 36.5 Å². The summed E-state index contributed by atoms with van der Waals surface area (Å²) in [5.41, 5.74) is 0.737. The number of hydrogen-bond acceptors (Lipinski definition) is 2. The molecule has 0 aliphatic carbocycles. The van der Waals surface area contributed by atoms with Crippen molar-refractivity contribution in [2.45, 2.75) is 38.1 Å². The largest absolute Gasteiger partial charge is 0.352 e. The highest BCUT2D eigenvalue weighted by molar-refractivity contribution is 9.10. The lowest BCUT2D eigenvalue weighted by molar-refractivity contribution is 0.0575. The molecular formula is C17H23BrN2O. The predicted molar refractivity (Wildman–Crippen MR) is 88.4 cm³/mol. The monoisotopic (exact) mass is 350 g/mol. The van der Waals surface area contributed by atoms with Gasteiger partial charge in [-0.25, -0.2) is 0 Å². The highest BCUT2D eigenvalue weighted by Gasteiger charge is 2.32. The molecule has 0 spiro atoms. The van der Waals surface area contributed by atoms with E-state index in [2.05, 4.69) is 26.1 Å². The van der Waals surface area contributed by atoms with Gasteiger partial charge in [0.05, 0.1) is 0 Å². The molecular weight excluding hydrogens is 328 g/mol. The molecule has 2 atom stereocenters. The number of nitrogens with one attached hydrogen (secondary N) is 1. The lowest BCUT2D eigenvalue weighted by Crippen LogP contribution is -2.51. The van der Waals surface area contributed by atoms with Gasteiger partial charge in [0.15, 0.2) is 0 Å². The van der Waals surface area contributed by atoms with Crippen LogP contribution in [0.2, 0.25) is 0 Å². The van der Waals surface area contributed by atoms with E-state index < -0.39 is 0 Å². The Morgan fingerprint density at radius 1 is 1.24 bits per heavy atom. The molecule has 3 rings (SSSR count). The molecule has 0 bridgehead atoms. The number of rotatable bonds is 3. The number of fused-ring (bicyclic) bond motifs is 1. The van der Waals surface area contributed by atoms with Gasteiger partial charge in [0.1, 0.15) is 0 Å². The van der Waals surface area contributed by atoms with E-state index in [-0.39, 0.29) is 5.91 Å². The molecule has 2 heterocycles. The normalized spacial score (nSPS) is 26.1. The SMILES string of the molecule is O=C(NC[C@H]1CCCN2CCCC[C@@H]12)c1cccc(Br)c1. The minimum Gasteiger partial charge on any atom is -0.352 e. The zero-order valence-electron chi connectivity index (χ0n) is 12.4. The zero-order valence-corrected chi connectivity index (χ0v) is 13.9. The van der Waals surface area contributed by atoms with E-state index in [1.165, 1.54) is 45.2 Å². The van der Waals surface area contributed by atoms with E-state index in [4.69, 9.17) is 0 Å². The first kappa shape index (κ1) is 15.0. The summed E-state index contributed by atoms with van der Waals surface area (Å²) in [6.07, 6.45) is 6.51. The standard InChI is InChI=1S/C17H23BrN2O/c18-15-7-3-5-13(11-15)17(21)19-12-14-6-4-10-20-9-2-1-8-16(14)20/h3,5,7,11,14,16H,1-2,4,6,8-10,12H2,(H,19,21)/t14-,16+/m1/s1. The third kappa shape index (κ3) is 3.67. The van der Waals surface area contributed by atoms with E-state index in [1.807, 2.05) is 24.3 Å². The summed E-state index contributed by atoms with van der Waals surface area (Å²) in [4.78, 5) is 14.9. The minimum atomic E-state index is 0.0456. The van der Waals surface area contributed by atoms with Crippen molar-refractivity contribution in [3.63, 3.8) is 0 Å². The molecule has 0 aromatic heterocycles. The Balaban J connectivity index is 1.57. The molecule has 3 nitrogen and oxygen atoms in total. The van der Waals surface area contributed by atoms with Crippen molar-refractivity contribution < 1.29 is 4.79 Å². The Hall–Kier alpha value is -0.870. The Morgan fingerprint density at radius 3 is 2.95 bits per heavy atom. The summed E-state index contributed by atoms with van der Waals surface area (Å²) >= 11 is 3.42. The average molecular weight is 351 g/mol. The number of amides is 1. The third-order valence-corrected chi connectivity index (χ3v) is 5.33. The van der Waals surface area contributed by atoms with E-state index >= 15 is 0 Å². The number of hydrogen-bond donors (Lipinski definition) is 1. The fourth-order valence-corrected chi connectivity index (χ4v) is 4.17. The molecule has 4 heteroatoms. The van der Waals surface area contributed by atoms with Crippen molar-refractivity contribution in [3.05, 3.63) is 34.3 Å². The summed E-state index contributed by atoms with van der Waals surface area (Å²) < 4.78 is 0.950. The van der Waals surface area contributed by atoms with Crippen LogP contribution in [0.3, 0.4) is 0 Å². The number of benzene rings is 1. The van der Waals surface area contributed by atoms with Gasteiger partial charge in [-0.05, 0) is 62.9 Å². The summed E-state index contributed by atoms with van der Waals surface area (Å²) in [6, 6.07) is 8.28. The van der Waals surface area contributed by atoms with Crippen molar-refractivity contribution in [2.24, 2.45) is 5.92 Å². The molecule has 0 saturated carbocycles. The topological polar surface area (TPSA) is 32.3 Å². The molecule has 0 radical (unpaired) electrons. The number of halogens is 1. The van der Waals surface area contributed by atoms with E-state index in [1.54, 1.807) is 0 Å². The molecule has 21 heavy (non-hydrogen) atoms. The molecule has 0 unspecified atom stereocenters. The lowest BCUT2D eigenvalue weighted by atomic mass is 9.83. The second kappa shape index (κ2) is 6.93. The maximum Gasteiger partial charge on any atom is 0.251 e. The lowest BCUT2D eigenvalue weighted by Gasteiger charge is -2.44. The van der Waals surface area contributed by atoms with Gasteiger partial charge in [-0.3, -0.25) is 4.79 Å². The van der Waals surface area contributed by atoms with Crippen LogP contribution in [0.4, 0.5) is 0 Å². The molecule has 2 fully saturated rings. The average Bonchev–Trinajstić information content (AvgIpc) is 2.52. The van der Waals surface area contributed by atoms with E-state index in [0.29, 0.717) is 12.0 Å². The maximum absolute atomic E-state index is 12.3. The van der Waals surface area contributed by atoms with Crippen LogP contribution < -0.4 is 5.32 Å². The van der Waals surface area contributed by atoms with Crippen LogP contribution in [0.5, 0.6) is 0 Å². The highest BCUT2D eigenvalue weighted by Crippen LogP contribution is 2.30. The fourth-order valence-electron chi connectivity index (χ4n) is 3.77. The van der Waals surface area contributed by atoms with Crippen LogP contribution in [0.1, 0.15) is 42.5 Å². The van der Waals surface area contributed by atoms with Gasteiger partial charge in [-0.15, -0.1) is 0 Å². The van der Waals surface area contributed by atoms with Crippen LogP contribution in [0, 0.1) is 5.92 Å². The third-order valence-electron chi connectivity index (χ3n) is 4.84. The Kier molecular flexibility index (Phi) is 4.96. The predicted octanol–water partition coefficient (Wildman–Crippen LogP) is 3.44. The minimum absolute atomic E-state index is 0.0456. The first-order chi connectivity index (χ1) is 10.2. The molecule has 1 aromatic rings. The van der Waals surface area contributed by atoms with Gasteiger partial charge in [0, 0.05) is 22.6 Å². The summed E-state index contributed by atoms with van der Waals surface area (Å²) in [5.74, 6) is 0.666. The first-order valence-electron chi connectivity index (χ1n) is 8.02. The number of carbonyl (C=O) groups excluding carboxylic acids is 1. The molecule has 2 saturated heterocycles. The van der Waals surface area contributed by atoms with Gasteiger partial charge in [0.2, 0.25) is 0 Å².